The molecular formula is C17H28N2O3S. The van der Waals surface area contributed by atoms with Crippen molar-refractivity contribution >= 4 is 30.2 Å². The number of hydrogen-bond acceptors (Lipinski definition) is 4. The largest absolute Gasteiger partial charge is 0.480 e. The van der Waals surface area contributed by atoms with Gasteiger partial charge in [0.15, 0.2) is 0 Å². The third-order valence-electron chi connectivity index (χ3n) is 3.33. The summed E-state index contributed by atoms with van der Waals surface area (Å²) in [6, 6.07) is 6.70. The summed E-state index contributed by atoms with van der Waals surface area (Å²) in [5.41, 5.74) is 6.17. The number of carbonyl (C=O) groups excluding carboxylic acids is 1. The average molecular weight is 340 g/mol. The summed E-state index contributed by atoms with van der Waals surface area (Å²) in [7, 11) is 0. The molecule has 1 amide bonds. The van der Waals surface area contributed by atoms with Gasteiger partial charge in [0.05, 0.1) is 0 Å². The van der Waals surface area contributed by atoms with Gasteiger partial charge in [0.1, 0.15) is 6.04 Å². The number of amides is 1. The Morgan fingerprint density at radius 3 is 2.13 bits per heavy atom. The van der Waals surface area contributed by atoms with E-state index in [1.807, 2.05) is 24.3 Å². The number of nitrogens with zero attached hydrogens (tertiary/aromatic N) is 1. The number of unbranched alkanes of at least 4 members (excludes halogenated alkanes) is 1. The molecule has 0 aromatic heterocycles. The lowest BCUT2D eigenvalue weighted by atomic mass is 10.3. The molecule has 0 bridgehead atoms. The third-order valence-corrected chi connectivity index (χ3v) is 3.63. The van der Waals surface area contributed by atoms with Crippen LogP contribution in [0, 0.1) is 0 Å². The number of anilines is 1. The van der Waals surface area contributed by atoms with Crippen molar-refractivity contribution < 1.29 is 14.7 Å². The number of benzene rings is 1. The zero-order valence-electron chi connectivity index (χ0n) is 14.2. The molecule has 2 rings (SSSR count). The topological polar surface area (TPSA) is 83.6 Å². The maximum Gasteiger partial charge on any atom is 0.326 e. The lowest BCUT2D eigenvalue weighted by Gasteiger charge is -2.19. The van der Waals surface area contributed by atoms with Crippen LogP contribution < -0.4 is 5.73 Å². The van der Waals surface area contributed by atoms with E-state index in [1.54, 1.807) is 0 Å². The van der Waals surface area contributed by atoms with Gasteiger partial charge < -0.3 is 15.7 Å². The number of rotatable bonds is 3. The van der Waals surface area contributed by atoms with Gasteiger partial charge in [-0.15, -0.1) is 12.6 Å². The highest BCUT2D eigenvalue weighted by Gasteiger charge is 2.28. The first-order valence-corrected chi connectivity index (χ1v) is 8.34. The summed E-state index contributed by atoms with van der Waals surface area (Å²) in [4.78, 5) is 23.8. The smallest absolute Gasteiger partial charge is 0.326 e. The number of nitrogens with two attached hydrogens (primary N) is 1. The highest BCUT2D eigenvalue weighted by Crippen LogP contribution is 2.13. The quantitative estimate of drug-likeness (QED) is 0.581. The maximum atomic E-state index is 11.0. The summed E-state index contributed by atoms with van der Waals surface area (Å²) in [5, 5.41) is 8.57. The fraction of sp³-hybridized carbons (Fsp3) is 0.529. The van der Waals surface area contributed by atoms with Crippen LogP contribution in [0.25, 0.3) is 0 Å². The van der Waals surface area contributed by atoms with Crippen LogP contribution in [-0.4, -0.2) is 34.5 Å². The molecule has 1 unspecified atom stereocenters. The van der Waals surface area contributed by atoms with Crippen molar-refractivity contribution in [1.82, 2.24) is 4.90 Å². The van der Waals surface area contributed by atoms with E-state index < -0.39 is 12.0 Å². The van der Waals surface area contributed by atoms with Crippen molar-refractivity contribution in [3.05, 3.63) is 24.3 Å². The Hall–Kier alpha value is -1.69. The van der Waals surface area contributed by atoms with E-state index in [9.17, 15) is 9.59 Å². The molecule has 1 saturated heterocycles. The number of hydrogen-bond donors (Lipinski definition) is 3. The van der Waals surface area contributed by atoms with E-state index in [4.69, 9.17) is 10.8 Å². The molecule has 23 heavy (non-hydrogen) atoms. The SMILES string of the molecule is CC(C(=O)O)N1CCCC1=O.CCCC.Nc1ccc(S)cc1. The fourth-order valence-electron chi connectivity index (χ4n) is 1.69. The van der Waals surface area contributed by atoms with Gasteiger partial charge in [-0.05, 0) is 37.6 Å². The third kappa shape index (κ3) is 9.13. The fourth-order valence-corrected chi connectivity index (χ4v) is 1.84. The number of carboxylic acids is 1. The predicted molar refractivity (Wildman–Crippen MR) is 96.7 cm³/mol. The van der Waals surface area contributed by atoms with E-state index in [-0.39, 0.29) is 5.91 Å². The number of aliphatic carboxylic acids is 1. The van der Waals surface area contributed by atoms with Crippen LogP contribution in [0.2, 0.25) is 0 Å². The Labute approximate surface area is 144 Å². The van der Waals surface area contributed by atoms with E-state index in [2.05, 4.69) is 26.5 Å². The zero-order chi connectivity index (χ0) is 17.8. The van der Waals surface area contributed by atoms with Crippen molar-refractivity contribution in [2.45, 2.75) is 57.4 Å². The molecule has 1 fully saturated rings. The van der Waals surface area contributed by atoms with E-state index in [0.29, 0.717) is 13.0 Å². The molecule has 1 aliphatic heterocycles. The Kier molecular flexibility index (Phi) is 11.0. The van der Waals surface area contributed by atoms with Gasteiger partial charge in [0.25, 0.3) is 0 Å². The minimum absolute atomic E-state index is 0.0418. The number of carboxylic acid groups (broad SMARTS) is 1. The van der Waals surface area contributed by atoms with Gasteiger partial charge in [-0.3, -0.25) is 4.79 Å². The second-order valence-corrected chi connectivity index (χ2v) is 5.81. The lowest BCUT2D eigenvalue weighted by Crippen LogP contribution is -2.39. The molecule has 5 nitrogen and oxygen atoms in total. The normalized spacial score (nSPS) is 14.3. The lowest BCUT2D eigenvalue weighted by molar-refractivity contribution is -0.147. The standard InChI is InChI=1S/C7H11NO3.C6H7NS.C4H10/c1-5(7(10)11)8-4-2-3-6(8)9;7-5-1-3-6(8)4-2-5;1-3-4-2/h5H,2-4H2,1H3,(H,10,11);1-4,8H,7H2;3-4H2,1-2H3. The zero-order valence-corrected chi connectivity index (χ0v) is 15.1. The van der Waals surface area contributed by atoms with E-state index in [0.717, 1.165) is 17.0 Å². The summed E-state index contributed by atoms with van der Waals surface area (Å²) < 4.78 is 0. The van der Waals surface area contributed by atoms with Gasteiger partial charge in [0.2, 0.25) is 5.91 Å². The van der Waals surface area contributed by atoms with Crippen molar-refractivity contribution in [3.8, 4) is 0 Å². The van der Waals surface area contributed by atoms with Crippen LogP contribution in [0.5, 0.6) is 0 Å². The number of carbonyl (C=O) groups is 2. The summed E-state index contributed by atoms with van der Waals surface area (Å²) in [5.74, 6) is -0.972. The van der Waals surface area contributed by atoms with E-state index in [1.165, 1.54) is 24.7 Å². The molecule has 0 saturated carbocycles. The van der Waals surface area contributed by atoms with Crippen LogP contribution in [0.1, 0.15) is 46.5 Å². The Morgan fingerprint density at radius 2 is 1.83 bits per heavy atom. The predicted octanol–water partition coefficient (Wildman–Crippen LogP) is 3.45. The maximum absolute atomic E-state index is 11.0. The highest BCUT2D eigenvalue weighted by molar-refractivity contribution is 7.80. The molecular weight excluding hydrogens is 312 g/mol. The number of thiol groups is 1. The molecule has 1 aromatic carbocycles. The summed E-state index contributed by atoms with van der Waals surface area (Å²) in [6.45, 7) is 6.48. The first kappa shape index (κ1) is 21.3. The Morgan fingerprint density at radius 1 is 1.30 bits per heavy atom. The average Bonchev–Trinajstić information content (AvgIpc) is 2.96. The van der Waals surface area contributed by atoms with Crippen molar-refractivity contribution in [3.63, 3.8) is 0 Å². The molecule has 0 spiro atoms. The van der Waals surface area contributed by atoms with Gasteiger partial charge in [-0.25, -0.2) is 4.79 Å². The molecule has 1 aliphatic rings. The monoisotopic (exact) mass is 340 g/mol. The van der Waals surface area contributed by atoms with Crippen LogP contribution in [0.3, 0.4) is 0 Å². The number of likely N-dealkylation sites (tertiary alicyclic amines) is 1. The number of nitrogen functional groups attached to an aromatic ring is 1. The van der Waals surface area contributed by atoms with E-state index >= 15 is 0 Å². The van der Waals surface area contributed by atoms with Crippen molar-refractivity contribution in [1.29, 1.82) is 0 Å². The molecule has 3 N–H and O–H groups in total. The molecule has 6 heteroatoms. The second kappa shape index (κ2) is 11.8. The van der Waals surface area contributed by atoms with Gasteiger partial charge in [0, 0.05) is 23.5 Å². The van der Waals surface area contributed by atoms with Crippen LogP contribution >= 0.6 is 12.6 Å². The van der Waals surface area contributed by atoms with Crippen molar-refractivity contribution in [2.75, 3.05) is 12.3 Å². The minimum Gasteiger partial charge on any atom is -0.480 e. The summed E-state index contributed by atoms with van der Waals surface area (Å²) in [6.07, 6.45) is 3.92. The Balaban J connectivity index is 0.000000354. The molecule has 0 aliphatic carbocycles. The molecule has 1 aromatic rings. The molecule has 130 valence electrons. The van der Waals surface area contributed by atoms with Crippen LogP contribution in [0.4, 0.5) is 5.69 Å². The van der Waals surface area contributed by atoms with Crippen molar-refractivity contribution in [2.24, 2.45) is 0 Å². The van der Waals surface area contributed by atoms with Gasteiger partial charge in [-0.1, -0.05) is 26.7 Å². The van der Waals surface area contributed by atoms with Crippen LogP contribution in [0.15, 0.2) is 29.2 Å². The Bertz CT molecular complexity index is 454. The minimum atomic E-state index is -0.930. The van der Waals surface area contributed by atoms with Crippen LogP contribution in [-0.2, 0) is 9.59 Å². The van der Waals surface area contributed by atoms with Gasteiger partial charge in [-0.2, -0.15) is 0 Å². The molecule has 1 heterocycles. The highest BCUT2D eigenvalue weighted by atomic mass is 32.1. The van der Waals surface area contributed by atoms with Gasteiger partial charge >= 0.3 is 5.97 Å². The first-order valence-electron chi connectivity index (χ1n) is 7.90. The molecule has 1 atom stereocenters. The second-order valence-electron chi connectivity index (χ2n) is 5.30. The first-order chi connectivity index (χ1) is 10.8. The molecule has 0 radical (unpaired) electrons. The summed E-state index contributed by atoms with van der Waals surface area (Å²) >= 11 is 4.08.